The third-order valence-electron chi connectivity index (χ3n) is 5.55. The molecular formula is C24H24BrN5O. The van der Waals surface area contributed by atoms with Crippen LogP contribution in [0.25, 0.3) is 16.7 Å². The number of hydrogen-bond donors (Lipinski definition) is 0. The molecule has 7 heteroatoms. The zero-order valence-corrected chi connectivity index (χ0v) is 19.6. The van der Waals surface area contributed by atoms with Crippen molar-refractivity contribution < 1.29 is 0 Å². The zero-order valence-electron chi connectivity index (χ0n) is 18.0. The highest BCUT2D eigenvalue weighted by atomic mass is 79.9. The summed E-state index contributed by atoms with van der Waals surface area (Å²) in [5.41, 5.74) is 3.50. The molecule has 0 bridgehead atoms. The van der Waals surface area contributed by atoms with Gasteiger partial charge in [0.15, 0.2) is 0 Å². The van der Waals surface area contributed by atoms with E-state index in [0.29, 0.717) is 16.7 Å². The van der Waals surface area contributed by atoms with Gasteiger partial charge in [0, 0.05) is 33.5 Å². The summed E-state index contributed by atoms with van der Waals surface area (Å²) in [6.45, 7) is 8.20. The molecule has 0 amide bonds. The standard InChI is InChI=1S/C24H24BrN5O/c1-5-15(2)23-28-21-10-9-19(25)13-20(21)24(31)30(23)27-14-18-12-16(3)29(17(18)4)22-8-6-7-11-26-22/h6-15H,5H2,1-4H3/t15-/m1/s1. The molecule has 0 unspecified atom stereocenters. The molecule has 4 rings (SSSR count). The molecule has 158 valence electrons. The van der Waals surface area contributed by atoms with Gasteiger partial charge in [0.2, 0.25) is 0 Å². The van der Waals surface area contributed by atoms with Crippen molar-refractivity contribution in [3.63, 3.8) is 0 Å². The summed E-state index contributed by atoms with van der Waals surface area (Å²) in [6.07, 6.45) is 4.37. The summed E-state index contributed by atoms with van der Waals surface area (Å²) in [5, 5.41) is 5.14. The number of hydrogen-bond acceptors (Lipinski definition) is 4. The number of rotatable bonds is 5. The van der Waals surface area contributed by atoms with E-state index in [2.05, 4.69) is 44.4 Å². The van der Waals surface area contributed by atoms with Gasteiger partial charge in [0.25, 0.3) is 5.56 Å². The predicted octanol–water partition coefficient (Wildman–Crippen LogP) is 5.36. The average Bonchev–Trinajstić information content (AvgIpc) is 3.06. The van der Waals surface area contributed by atoms with Crippen LogP contribution < -0.4 is 5.56 Å². The molecule has 0 spiro atoms. The van der Waals surface area contributed by atoms with Crippen molar-refractivity contribution in [3.05, 3.63) is 86.3 Å². The van der Waals surface area contributed by atoms with Crippen molar-refractivity contribution in [1.82, 2.24) is 19.2 Å². The van der Waals surface area contributed by atoms with Gasteiger partial charge in [-0.2, -0.15) is 9.78 Å². The van der Waals surface area contributed by atoms with Crippen LogP contribution in [0, 0.1) is 13.8 Å². The number of pyridine rings is 1. The Morgan fingerprint density at radius 1 is 1.19 bits per heavy atom. The van der Waals surface area contributed by atoms with E-state index in [4.69, 9.17) is 4.98 Å². The lowest BCUT2D eigenvalue weighted by atomic mass is 10.1. The molecule has 31 heavy (non-hydrogen) atoms. The molecule has 3 aromatic heterocycles. The van der Waals surface area contributed by atoms with Gasteiger partial charge in [-0.3, -0.25) is 4.79 Å². The first-order valence-electron chi connectivity index (χ1n) is 10.3. The van der Waals surface area contributed by atoms with Gasteiger partial charge in [0.05, 0.1) is 17.1 Å². The molecule has 0 aliphatic rings. The summed E-state index contributed by atoms with van der Waals surface area (Å²) in [5.74, 6) is 1.61. The largest absolute Gasteiger partial charge is 0.303 e. The lowest BCUT2D eigenvalue weighted by molar-refractivity contribution is 0.613. The maximum atomic E-state index is 13.3. The monoisotopic (exact) mass is 477 g/mol. The molecule has 6 nitrogen and oxygen atoms in total. The van der Waals surface area contributed by atoms with Gasteiger partial charge < -0.3 is 4.57 Å². The van der Waals surface area contributed by atoms with Gasteiger partial charge in [-0.25, -0.2) is 9.97 Å². The maximum absolute atomic E-state index is 13.3. The van der Waals surface area contributed by atoms with Crippen molar-refractivity contribution in [2.24, 2.45) is 5.10 Å². The molecule has 0 radical (unpaired) electrons. The topological polar surface area (TPSA) is 65.1 Å². The van der Waals surface area contributed by atoms with E-state index in [1.165, 1.54) is 4.68 Å². The van der Waals surface area contributed by atoms with Crippen LogP contribution in [0.3, 0.4) is 0 Å². The van der Waals surface area contributed by atoms with Crippen LogP contribution in [0.1, 0.15) is 49.0 Å². The maximum Gasteiger partial charge on any atom is 0.282 e. The Morgan fingerprint density at radius 2 is 2.00 bits per heavy atom. The Balaban J connectivity index is 1.85. The normalized spacial score (nSPS) is 12.7. The molecule has 0 aliphatic carbocycles. The second-order valence-electron chi connectivity index (χ2n) is 7.65. The van der Waals surface area contributed by atoms with Gasteiger partial charge in [0.1, 0.15) is 11.6 Å². The van der Waals surface area contributed by atoms with E-state index in [-0.39, 0.29) is 11.5 Å². The van der Waals surface area contributed by atoms with Crippen molar-refractivity contribution in [2.45, 2.75) is 40.0 Å². The van der Waals surface area contributed by atoms with Crippen LogP contribution in [-0.4, -0.2) is 25.4 Å². The zero-order chi connectivity index (χ0) is 22.1. The van der Waals surface area contributed by atoms with E-state index < -0.39 is 0 Å². The van der Waals surface area contributed by atoms with E-state index in [1.807, 2.05) is 50.2 Å². The Hall–Kier alpha value is -3.06. The van der Waals surface area contributed by atoms with Gasteiger partial charge in [-0.1, -0.05) is 35.8 Å². The predicted molar refractivity (Wildman–Crippen MR) is 128 cm³/mol. The number of fused-ring (bicyclic) bond motifs is 1. The minimum atomic E-state index is -0.170. The van der Waals surface area contributed by atoms with E-state index in [1.54, 1.807) is 18.5 Å². The minimum Gasteiger partial charge on any atom is -0.303 e. The molecule has 3 heterocycles. The molecule has 0 fully saturated rings. The fourth-order valence-electron chi connectivity index (χ4n) is 3.66. The molecule has 0 N–H and O–H groups in total. The molecule has 4 aromatic rings. The second-order valence-corrected chi connectivity index (χ2v) is 8.57. The van der Waals surface area contributed by atoms with Crippen LogP contribution in [0.2, 0.25) is 0 Å². The Bertz CT molecular complexity index is 1340. The summed E-state index contributed by atoms with van der Waals surface area (Å²) in [4.78, 5) is 22.5. The van der Waals surface area contributed by atoms with E-state index in [9.17, 15) is 4.79 Å². The first-order chi connectivity index (χ1) is 14.9. The highest BCUT2D eigenvalue weighted by Gasteiger charge is 2.16. The summed E-state index contributed by atoms with van der Waals surface area (Å²) in [7, 11) is 0. The molecule has 0 saturated carbocycles. The van der Waals surface area contributed by atoms with Crippen molar-refractivity contribution in [2.75, 3.05) is 0 Å². The van der Waals surface area contributed by atoms with Crippen LogP contribution in [0.5, 0.6) is 0 Å². The van der Waals surface area contributed by atoms with Gasteiger partial charge in [-0.15, -0.1) is 0 Å². The van der Waals surface area contributed by atoms with Crippen molar-refractivity contribution in [3.8, 4) is 5.82 Å². The number of halogens is 1. The summed E-state index contributed by atoms with van der Waals surface area (Å²) >= 11 is 3.45. The van der Waals surface area contributed by atoms with Crippen LogP contribution in [0.4, 0.5) is 0 Å². The SMILES string of the molecule is CC[C@@H](C)c1nc2ccc(Br)cc2c(=O)n1N=Cc1cc(C)n(-c2ccccn2)c1C. The average molecular weight is 478 g/mol. The third-order valence-corrected chi connectivity index (χ3v) is 6.04. The lowest BCUT2D eigenvalue weighted by Gasteiger charge is -2.14. The van der Waals surface area contributed by atoms with Gasteiger partial charge in [-0.05, 0) is 56.7 Å². The first-order valence-corrected chi connectivity index (χ1v) is 11.1. The highest BCUT2D eigenvalue weighted by Crippen LogP contribution is 2.22. The first kappa shape index (κ1) is 21.2. The Kier molecular flexibility index (Phi) is 5.87. The van der Waals surface area contributed by atoms with Crippen LogP contribution >= 0.6 is 15.9 Å². The number of aromatic nitrogens is 4. The van der Waals surface area contributed by atoms with E-state index in [0.717, 1.165) is 33.7 Å². The number of nitrogens with zero attached hydrogens (tertiary/aromatic N) is 5. The van der Waals surface area contributed by atoms with E-state index >= 15 is 0 Å². The quantitative estimate of drug-likeness (QED) is 0.363. The number of aryl methyl sites for hydroxylation is 1. The lowest BCUT2D eigenvalue weighted by Crippen LogP contribution is -2.23. The molecule has 1 aromatic carbocycles. The fraction of sp³-hybridized carbons (Fsp3) is 0.250. The summed E-state index contributed by atoms with van der Waals surface area (Å²) < 4.78 is 4.36. The Labute approximate surface area is 189 Å². The molecule has 0 aliphatic heterocycles. The highest BCUT2D eigenvalue weighted by molar-refractivity contribution is 9.10. The number of benzene rings is 1. The Morgan fingerprint density at radius 3 is 2.71 bits per heavy atom. The van der Waals surface area contributed by atoms with Crippen LogP contribution in [-0.2, 0) is 0 Å². The molecule has 1 atom stereocenters. The fourth-order valence-corrected chi connectivity index (χ4v) is 4.02. The van der Waals surface area contributed by atoms with Gasteiger partial charge >= 0.3 is 0 Å². The van der Waals surface area contributed by atoms with Crippen molar-refractivity contribution in [1.29, 1.82) is 0 Å². The smallest absolute Gasteiger partial charge is 0.282 e. The third kappa shape index (κ3) is 3.97. The second kappa shape index (κ2) is 8.59. The van der Waals surface area contributed by atoms with Crippen LogP contribution in [0.15, 0.2) is 63.0 Å². The van der Waals surface area contributed by atoms with Crippen molar-refractivity contribution >= 4 is 33.0 Å². The molecule has 0 saturated heterocycles. The minimum absolute atomic E-state index is 0.0962. The summed E-state index contributed by atoms with van der Waals surface area (Å²) in [6, 6.07) is 13.4. The molecular weight excluding hydrogens is 454 g/mol.